The molecule has 10 heteroatoms. The Balaban J connectivity index is 3.44. The Bertz CT molecular complexity index is 649. The molecule has 1 aromatic rings. The molecule has 114 valence electrons. The number of hydrogen-bond acceptors (Lipinski definition) is 7. The third-order valence-corrected chi connectivity index (χ3v) is 2.28. The first-order valence-corrected chi connectivity index (χ1v) is 5.83. The van der Waals surface area contributed by atoms with E-state index in [0.29, 0.717) is 0 Å². The molecule has 10 nitrogen and oxygen atoms in total. The second-order valence-corrected chi connectivity index (χ2v) is 4.31. The molecular weight excluding hydrogens is 282 g/mol. The van der Waals surface area contributed by atoms with Crippen LogP contribution in [0.2, 0.25) is 0 Å². The van der Waals surface area contributed by atoms with Gasteiger partial charge >= 0.3 is 17.2 Å². The fourth-order valence-corrected chi connectivity index (χ4v) is 1.38. The summed E-state index contributed by atoms with van der Waals surface area (Å²) in [4.78, 5) is 42.5. The van der Waals surface area contributed by atoms with Crippen molar-refractivity contribution in [3.8, 4) is 0 Å². The van der Waals surface area contributed by atoms with Crippen LogP contribution in [0.1, 0.15) is 12.6 Å². The molecule has 21 heavy (non-hydrogen) atoms. The van der Waals surface area contributed by atoms with Crippen molar-refractivity contribution < 1.29 is 14.5 Å². The highest BCUT2D eigenvalue weighted by Crippen LogP contribution is 2.15. The number of aliphatic imine (C=N–C) groups is 1. The van der Waals surface area contributed by atoms with Gasteiger partial charge in [-0.2, -0.15) is 0 Å². The summed E-state index contributed by atoms with van der Waals surface area (Å²) in [6.45, 7) is 2.00. The van der Waals surface area contributed by atoms with Crippen molar-refractivity contribution in [2.24, 2.45) is 4.99 Å². The maximum Gasteiger partial charge on any atom is 0.355 e. The fraction of sp³-hybridized carbons (Fsp3) is 0.455. The summed E-state index contributed by atoms with van der Waals surface area (Å²) in [6, 6.07) is 0. The summed E-state index contributed by atoms with van der Waals surface area (Å²) >= 11 is 0. The number of aryl methyl sites for hydroxylation is 1. The number of rotatable bonds is 5. The van der Waals surface area contributed by atoms with Gasteiger partial charge in [-0.25, -0.2) is 14.5 Å². The van der Waals surface area contributed by atoms with E-state index in [1.54, 1.807) is 19.0 Å². The van der Waals surface area contributed by atoms with Crippen LogP contribution >= 0.6 is 0 Å². The van der Waals surface area contributed by atoms with E-state index in [9.17, 15) is 19.7 Å². The lowest BCUT2D eigenvalue weighted by molar-refractivity contribution is -0.387. The van der Waals surface area contributed by atoms with Crippen LogP contribution in [0.3, 0.4) is 0 Å². The highest BCUT2D eigenvalue weighted by atomic mass is 16.6. The van der Waals surface area contributed by atoms with Gasteiger partial charge in [-0.05, 0) is 6.92 Å². The van der Waals surface area contributed by atoms with Gasteiger partial charge in [-0.1, -0.05) is 0 Å². The average molecular weight is 297 g/mol. The molecule has 0 saturated carbocycles. The average Bonchev–Trinajstić information content (AvgIpc) is 2.34. The lowest BCUT2D eigenvalue weighted by Crippen LogP contribution is -2.27. The van der Waals surface area contributed by atoms with Crippen molar-refractivity contribution in [1.29, 1.82) is 0 Å². The SMILES string of the molecule is CC(=O)OCn1c(/N=C/N(C)C)nc(C)c([N+](=O)[O-])c1=O. The van der Waals surface area contributed by atoms with Crippen molar-refractivity contribution >= 4 is 23.9 Å². The summed E-state index contributed by atoms with van der Waals surface area (Å²) < 4.78 is 5.53. The van der Waals surface area contributed by atoms with Gasteiger partial charge in [0.1, 0.15) is 5.69 Å². The lowest BCUT2D eigenvalue weighted by Gasteiger charge is -2.10. The minimum Gasteiger partial charge on any atom is -0.444 e. The van der Waals surface area contributed by atoms with E-state index in [4.69, 9.17) is 4.74 Å². The zero-order chi connectivity index (χ0) is 16.2. The number of hydrogen-bond donors (Lipinski definition) is 0. The van der Waals surface area contributed by atoms with Crippen LogP contribution in [0.25, 0.3) is 0 Å². The molecule has 0 radical (unpaired) electrons. The van der Waals surface area contributed by atoms with E-state index in [1.165, 1.54) is 13.3 Å². The minimum absolute atomic E-state index is 0.0602. The molecule has 1 rings (SSSR count). The Hall–Kier alpha value is -2.78. The van der Waals surface area contributed by atoms with Crippen LogP contribution in [0.4, 0.5) is 11.6 Å². The Morgan fingerprint density at radius 2 is 2.19 bits per heavy atom. The second-order valence-electron chi connectivity index (χ2n) is 4.31. The maximum atomic E-state index is 12.1. The molecule has 1 aromatic heterocycles. The molecule has 0 unspecified atom stereocenters. The number of nitrogens with zero attached hydrogens (tertiary/aromatic N) is 5. The highest BCUT2D eigenvalue weighted by Gasteiger charge is 2.23. The predicted molar refractivity (Wildman–Crippen MR) is 73.5 cm³/mol. The van der Waals surface area contributed by atoms with E-state index >= 15 is 0 Å². The minimum atomic E-state index is -0.931. The summed E-state index contributed by atoms with van der Waals surface area (Å²) in [6.07, 6.45) is 1.37. The topological polar surface area (TPSA) is 120 Å². The molecule has 0 N–H and O–H groups in total. The first-order chi connectivity index (χ1) is 9.73. The molecule has 0 saturated heterocycles. The van der Waals surface area contributed by atoms with E-state index in [0.717, 1.165) is 11.5 Å². The van der Waals surface area contributed by atoms with Gasteiger partial charge in [0, 0.05) is 21.0 Å². The molecule has 0 aliphatic rings. The second kappa shape index (κ2) is 6.59. The number of esters is 1. The number of aromatic nitrogens is 2. The van der Waals surface area contributed by atoms with Crippen LogP contribution in [0.5, 0.6) is 0 Å². The fourth-order valence-electron chi connectivity index (χ4n) is 1.38. The van der Waals surface area contributed by atoms with E-state index in [1.807, 2.05) is 0 Å². The number of carbonyl (C=O) groups is 1. The van der Waals surface area contributed by atoms with Crippen molar-refractivity contribution in [3.63, 3.8) is 0 Å². The third-order valence-electron chi connectivity index (χ3n) is 2.28. The van der Waals surface area contributed by atoms with E-state index in [2.05, 4.69) is 9.98 Å². The first-order valence-electron chi connectivity index (χ1n) is 5.83. The molecule has 0 bridgehead atoms. The zero-order valence-electron chi connectivity index (χ0n) is 12.1. The summed E-state index contributed by atoms with van der Waals surface area (Å²) in [5, 5.41) is 10.9. The van der Waals surface area contributed by atoms with Crippen molar-refractivity contribution in [1.82, 2.24) is 14.5 Å². The molecule has 0 aliphatic carbocycles. The maximum absolute atomic E-state index is 12.1. The van der Waals surface area contributed by atoms with Gasteiger partial charge in [0.2, 0.25) is 5.95 Å². The molecular formula is C11H15N5O5. The van der Waals surface area contributed by atoms with Gasteiger partial charge in [-0.15, -0.1) is 0 Å². The summed E-state index contributed by atoms with van der Waals surface area (Å²) in [5.41, 5.74) is -1.67. The van der Waals surface area contributed by atoms with Gasteiger partial charge in [-0.3, -0.25) is 19.7 Å². The summed E-state index contributed by atoms with van der Waals surface area (Å²) in [7, 11) is 3.41. The molecule has 0 fully saturated rings. The van der Waals surface area contributed by atoms with Gasteiger partial charge in [0.25, 0.3) is 0 Å². The predicted octanol–water partition coefficient (Wildman–Crippen LogP) is 0.202. The lowest BCUT2D eigenvalue weighted by atomic mass is 10.4. The molecule has 0 amide bonds. The van der Waals surface area contributed by atoms with Crippen LogP contribution in [-0.4, -0.2) is 45.8 Å². The monoisotopic (exact) mass is 297 g/mol. The van der Waals surface area contributed by atoms with Gasteiger partial charge in [0.05, 0.1) is 11.3 Å². The Labute approximate surface area is 119 Å². The Morgan fingerprint density at radius 1 is 1.57 bits per heavy atom. The molecule has 0 atom stereocenters. The quantitative estimate of drug-likeness (QED) is 0.250. The normalized spacial score (nSPS) is 10.7. The van der Waals surface area contributed by atoms with Crippen molar-refractivity contribution in [2.75, 3.05) is 14.1 Å². The summed E-state index contributed by atoms with van der Waals surface area (Å²) in [5.74, 6) is -0.717. The largest absolute Gasteiger partial charge is 0.444 e. The van der Waals surface area contributed by atoms with Crippen LogP contribution in [-0.2, 0) is 16.3 Å². The van der Waals surface area contributed by atoms with Crippen molar-refractivity contribution in [3.05, 3.63) is 26.2 Å². The molecule has 1 heterocycles. The van der Waals surface area contributed by atoms with E-state index < -0.39 is 28.9 Å². The highest BCUT2D eigenvalue weighted by molar-refractivity contribution is 5.65. The zero-order valence-corrected chi connectivity index (χ0v) is 12.1. The van der Waals surface area contributed by atoms with Crippen LogP contribution in [0.15, 0.2) is 9.79 Å². The van der Waals surface area contributed by atoms with Crippen molar-refractivity contribution in [2.45, 2.75) is 20.6 Å². The Kier molecular flexibility index (Phi) is 5.11. The first kappa shape index (κ1) is 16.3. The molecule has 0 aliphatic heterocycles. The number of carbonyl (C=O) groups excluding carboxylic acids is 1. The number of ether oxygens (including phenoxy) is 1. The molecule has 0 spiro atoms. The number of nitro groups is 1. The van der Waals surface area contributed by atoms with Gasteiger partial charge < -0.3 is 9.64 Å². The molecule has 0 aromatic carbocycles. The van der Waals surface area contributed by atoms with Crippen LogP contribution < -0.4 is 5.56 Å². The smallest absolute Gasteiger partial charge is 0.355 e. The van der Waals surface area contributed by atoms with Crippen LogP contribution in [0, 0.1) is 17.0 Å². The van der Waals surface area contributed by atoms with Gasteiger partial charge in [0.15, 0.2) is 6.73 Å². The van der Waals surface area contributed by atoms with E-state index in [-0.39, 0.29) is 11.6 Å². The third kappa shape index (κ3) is 4.09. The Morgan fingerprint density at radius 3 is 2.67 bits per heavy atom. The standard InChI is InChI=1S/C11H15N5O5/c1-7-9(16(19)20)10(18)15(6-21-8(2)17)11(13-7)12-5-14(3)4/h5H,6H2,1-4H3/b12-5+.